The van der Waals surface area contributed by atoms with Crippen molar-refractivity contribution in [1.82, 2.24) is 9.80 Å². The molecule has 1 rings (SSSR count). The number of nitrogens with zero attached hydrogens (tertiary/aromatic N) is 2. The molecule has 82 valence electrons. The Morgan fingerprint density at radius 1 is 1.43 bits per heavy atom. The average Bonchev–Trinajstić information content (AvgIpc) is 2.01. The molecule has 0 aromatic carbocycles. The molecule has 1 unspecified atom stereocenters. The second-order valence-electron chi connectivity index (χ2n) is 3.06. The van der Waals surface area contributed by atoms with Crippen LogP contribution in [0.2, 0.25) is 0 Å². The fourth-order valence-electron chi connectivity index (χ4n) is 1.33. The molecule has 0 saturated carbocycles. The van der Waals surface area contributed by atoms with Crippen molar-refractivity contribution in [3.63, 3.8) is 0 Å². The molecule has 1 fully saturated rings. The summed E-state index contributed by atoms with van der Waals surface area (Å²) in [5, 5.41) is 0. The zero-order valence-corrected chi connectivity index (χ0v) is 8.27. The van der Waals surface area contributed by atoms with Crippen LogP contribution in [-0.2, 0) is 4.79 Å². The largest absolute Gasteiger partial charge is 0.460 e. The normalized spacial score (nSPS) is 25.2. The average molecular weight is 231 g/mol. The quantitative estimate of drug-likeness (QED) is 0.462. The molecule has 1 amide bonds. The van der Waals surface area contributed by atoms with E-state index < -0.39 is 11.8 Å². The second kappa shape index (κ2) is 3.94. The van der Waals surface area contributed by atoms with Gasteiger partial charge in [0.15, 0.2) is 0 Å². The number of rotatable bonds is 0. The second-order valence-corrected chi connectivity index (χ2v) is 3.56. The van der Waals surface area contributed by atoms with Crippen LogP contribution < -0.4 is 0 Å². The van der Waals surface area contributed by atoms with Crippen molar-refractivity contribution in [2.75, 3.05) is 19.6 Å². The summed E-state index contributed by atoms with van der Waals surface area (Å²) in [6, 6.07) is 0. The van der Waals surface area contributed by atoms with E-state index in [9.17, 15) is 18.0 Å². The summed E-state index contributed by atoms with van der Waals surface area (Å²) >= 11 is 5.64. The van der Waals surface area contributed by atoms with Gasteiger partial charge in [-0.3, -0.25) is 4.79 Å². The van der Waals surface area contributed by atoms with E-state index in [0.717, 1.165) is 0 Å². The number of halogens is 4. The van der Waals surface area contributed by atoms with E-state index in [1.165, 1.54) is 11.8 Å². The number of amides is 1. The van der Waals surface area contributed by atoms with Crippen LogP contribution in [0.25, 0.3) is 0 Å². The number of alkyl halides is 4. The zero-order valence-electron chi connectivity index (χ0n) is 7.51. The molecular weight excluding hydrogens is 221 g/mol. The van der Waals surface area contributed by atoms with Crippen LogP contribution >= 0.6 is 11.6 Å². The van der Waals surface area contributed by atoms with E-state index in [4.69, 9.17) is 11.6 Å². The highest BCUT2D eigenvalue weighted by Crippen LogP contribution is 2.25. The molecule has 1 aliphatic rings. The third-order valence-electron chi connectivity index (χ3n) is 2.08. The molecule has 0 aromatic heterocycles. The van der Waals surface area contributed by atoms with Crippen molar-refractivity contribution >= 4 is 17.5 Å². The summed E-state index contributed by atoms with van der Waals surface area (Å²) in [6.07, 6.45) is -4.37. The molecule has 1 aliphatic heterocycles. The summed E-state index contributed by atoms with van der Waals surface area (Å²) in [7, 11) is 0. The van der Waals surface area contributed by atoms with E-state index >= 15 is 0 Å². The monoisotopic (exact) mass is 230 g/mol. The molecule has 1 saturated heterocycles. The minimum absolute atomic E-state index is 0.0169. The number of carbonyl (C=O) groups is 1. The highest BCUT2D eigenvalue weighted by molar-refractivity contribution is 6.21. The predicted molar refractivity (Wildman–Crippen MR) is 44.7 cm³/mol. The smallest absolute Gasteiger partial charge is 0.324 e. The van der Waals surface area contributed by atoms with Crippen LogP contribution in [0.15, 0.2) is 0 Å². The van der Waals surface area contributed by atoms with Crippen molar-refractivity contribution in [2.45, 2.75) is 18.7 Å². The molecule has 1 atom stereocenters. The minimum Gasteiger partial charge on any atom is -0.324 e. The Labute approximate surface area is 84.4 Å². The summed E-state index contributed by atoms with van der Waals surface area (Å²) in [6.45, 7) is 0.721. The van der Waals surface area contributed by atoms with Gasteiger partial charge in [-0.05, 0) is 0 Å². The van der Waals surface area contributed by atoms with Crippen LogP contribution in [0.3, 0.4) is 0 Å². The molecule has 14 heavy (non-hydrogen) atoms. The molecule has 0 aromatic rings. The summed E-state index contributed by atoms with van der Waals surface area (Å²) in [5.41, 5.74) is -0.900. The Morgan fingerprint density at radius 2 is 2.00 bits per heavy atom. The maximum absolute atomic E-state index is 12.2. The van der Waals surface area contributed by atoms with Gasteiger partial charge in [-0.1, -0.05) is 11.6 Å². The molecular formula is C7H10ClF3N2O. The summed E-state index contributed by atoms with van der Waals surface area (Å²) < 4.78 is 36.6. The van der Waals surface area contributed by atoms with Gasteiger partial charge in [0.05, 0.1) is 0 Å². The van der Waals surface area contributed by atoms with Gasteiger partial charge in [0, 0.05) is 26.6 Å². The Hall–Kier alpha value is -0.490. The molecule has 0 radical (unpaired) electrons. The van der Waals surface area contributed by atoms with Crippen molar-refractivity contribution in [3.05, 3.63) is 0 Å². The van der Waals surface area contributed by atoms with Crippen LogP contribution in [0, 0.1) is 0 Å². The number of carbonyl (C=O) groups excluding carboxylic acids is 1. The SMILES string of the molecule is CC(=O)N1CCN(C(F)(F)F)CC1Cl. The van der Waals surface area contributed by atoms with E-state index in [1.807, 2.05) is 0 Å². The third kappa shape index (κ3) is 2.51. The Bertz CT molecular complexity index is 233. The first-order chi connectivity index (χ1) is 6.32. The van der Waals surface area contributed by atoms with Crippen LogP contribution in [0.1, 0.15) is 6.92 Å². The van der Waals surface area contributed by atoms with Gasteiger partial charge >= 0.3 is 6.30 Å². The maximum atomic E-state index is 12.2. The fraction of sp³-hybridized carbons (Fsp3) is 0.857. The topological polar surface area (TPSA) is 23.6 Å². The first kappa shape index (κ1) is 11.6. The van der Waals surface area contributed by atoms with E-state index in [-0.39, 0.29) is 25.5 Å². The van der Waals surface area contributed by atoms with E-state index in [2.05, 4.69) is 0 Å². The highest BCUT2D eigenvalue weighted by atomic mass is 35.5. The third-order valence-corrected chi connectivity index (χ3v) is 2.46. The van der Waals surface area contributed by atoms with Gasteiger partial charge in [-0.15, -0.1) is 0 Å². The van der Waals surface area contributed by atoms with Gasteiger partial charge in [-0.2, -0.15) is 13.2 Å². The van der Waals surface area contributed by atoms with Gasteiger partial charge in [0.1, 0.15) is 5.50 Å². The van der Waals surface area contributed by atoms with Gasteiger partial charge in [-0.25, -0.2) is 4.90 Å². The highest BCUT2D eigenvalue weighted by Gasteiger charge is 2.42. The molecule has 0 aliphatic carbocycles. The summed E-state index contributed by atoms with van der Waals surface area (Å²) in [4.78, 5) is 12.4. The number of piperazine rings is 1. The lowest BCUT2D eigenvalue weighted by molar-refractivity contribution is -0.253. The molecule has 0 N–H and O–H groups in total. The van der Waals surface area contributed by atoms with E-state index in [1.54, 1.807) is 0 Å². The standard InChI is InChI=1S/C7H10ClF3N2O/c1-5(14)13-3-2-12(4-6(13)8)7(9,10)11/h6H,2-4H2,1H3. The lowest BCUT2D eigenvalue weighted by Gasteiger charge is -2.38. The summed E-state index contributed by atoms with van der Waals surface area (Å²) in [5.74, 6) is -0.299. The molecule has 0 spiro atoms. The van der Waals surface area contributed by atoms with Crippen LogP contribution in [0.4, 0.5) is 13.2 Å². The lowest BCUT2D eigenvalue weighted by atomic mass is 10.3. The van der Waals surface area contributed by atoms with E-state index in [0.29, 0.717) is 4.90 Å². The Kier molecular flexibility index (Phi) is 3.26. The van der Waals surface area contributed by atoms with Crippen molar-refractivity contribution in [2.24, 2.45) is 0 Å². The first-order valence-electron chi connectivity index (χ1n) is 4.05. The van der Waals surface area contributed by atoms with Crippen molar-refractivity contribution in [3.8, 4) is 0 Å². The minimum atomic E-state index is -4.37. The van der Waals surface area contributed by atoms with Crippen LogP contribution in [0.5, 0.6) is 0 Å². The van der Waals surface area contributed by atoms with Crippen LogP contribution in [-0.4, -0.2) is 47.1 Å². The van der Waals surface area contributed by atoms with Gasteiger partial charge in [0.2, 0.25) is 5.91 Å². The molecule has 0 bridgehead atoms. The molecule has 1 heterocycles. The predicted octanol–water partition coefficient (Wildman–Crippen LogP) is 1.24. The zero-order chi connectivity index (χ0) is 10.9. The Morgan fingerprint density at radius 3 is 2.36 bits per heavy atom. The Balaban J connectivity index is 2.60. The first-order valence-corrected chi connectivity index (χ1v) is 4.49. The van der Waals surface area contributed by atoms with Crippen molar-refractivity contribution in [1.29, 1.82) is 0 Å². The lowest BCUT2D eigenvalue weighted by Crippen LogP contribution is -2.56. The van der Waals surface area contributed by atoms with Gasteiger partial charge < -0.3 is 4.90 Å². The van der Waals surface area contributed by atoms with Gasteiger partial charge in [0.25, 0.3) is 0 Å². The van der Waals surface area contributed by atoms with Crippen molar-refractivity contribution < 1.29 is 18.0 Å². The fourth-order valence-corrected chi connectivity index (χ4v) is 1.73. The molecule has 3 nitrogen and oxygen atoms in total. The molecule has 7 heteroatoms. The number of hydrogen-bond donors (Lipinski definition) is 0. The maximum Gasteiger partial charge on any atom is 0.460 e. The number of hydrogen-bond acceptors (Lipinski definition) is 2.